The van der Waals surface area contributed by atoms with Crippen molar-refractivity contribution >= 4 is 36.4 Å². The van der Waals surface area contributed by atoms with Crippen molar-refractivity contribution in [3.63, 3.8) is 0 Å². The summed E-state index contributed by atoms with van der Waals surface area (Å²) in [5.74, 6) is -4.80. The first-order valence-corrected chi connectivity index (χ1v) is 6.84. The molecule has 0 radical (unpaired) electrons. The van der Waals surface area contributed by atoms with Crippen molar-refractivity contribution in [2.24, 2.45) is 11.8 Å². The van der Waals surface area contributed by atoms with Crippen molar-refractivity contribution in [2.75, 3.05) is 5.75 Å². The molecule has 3 atom stereocenters. The van der Waals surface area contributed by atoms with E-state index in [1.807, 2.05) is 0 Å². The van der Waals surface area contributed by atoms with Gasteiger partial charge in [-0.05, 0) is 18.1 Å². The fraction of sp³-hybridized carbons (Fsp3) is 0.667. The number of thiol groups is 1. The fourth-order valence-electron chi connectivity index (χ4n) is 2.35. The van der Waals surface area contributed by atoms with Crippen molar-refractivity contribution in [2.45, 2.75) is 32.2 Å². The molecule has 1 aliphatic heterocycles. The van der Waals surface area contributed by atoms with Crippen LogP contribution in [0.1, 0.15) is 26.2 Å². The summed E-state index contributed by atoms with van der Waals surface area (Å²) in [5.41, 5.74) is 0. The molecule has 1 fully saturated rings. The number of nitrogens with zero attached hydrogens (tertiary/aromatic N) is 1. The molecule has 0 spiro atoms. The number of hydrogen-bond acceptors (Lipinski definition) is 5. The predicted molar refractivity (Wildman–Crippen MR) is 71.3 cm³/mol. The number of piperidine rings is 1. The van der Waals surface area contributed by atoms with Crippen LogP contribution < -0.4 is 0 Å². The first-order chi connectivity index (χ1) is 9.29. The van der Waals surface area contributed by atoms with E-state index in [1.165, 1.54) is 0 Å². The Morgan fingerprint density at radius 1 is 1.40 bits per heavy atom. The zero-order valence-electron chi connectivity index (χ0n) is 11.0. The van der Waals surface area contributed by atoms with Gasteiger partial charge in [0, 0.05) is 6.42 Å². The maximum absolute atomic E-state index is 12.3. The number of hydrogen-bond donors (Lipinski definition) is 3. The highest BCUT2D eigenvalue weighted by atomic mass is 32.1. The molecular weight excluding hydrogens is 286 g/mol. The third-order valence-electron chi connectivity index (χ3n) is 3.40. The smallest absolute Gasteiger partial charge is 0.326 e. The predicted octanol–water partition coefficient (Wildman–Crippen LogP) is 0.245. The summed E-state index contributed by atoms with van der Waals surface area (Å²) in [6, 6.07) is -1.28. The average Bonchev–Trinajstić information content (AvgIpc) is 2.32. The average molecular weight is 303 g/mol. The summed E-state index contributed by atoms with van der Waals surface area (Å²) in [6.45, 7) is 1.62. The van der Waals surface area contributed by atoms with E-state index in [4.69, 9.17) is 10.2 Å². The Morgan fingerprint density at radius 3 is 2.45 bits per heavy atom. The SMILES string of the molecule is CC1CC(=O)N([C@@H](CCS)C(=O)O)C(=O)C1CC(=O)O. The van der Waals surface area contributed by atoms with E-state index in [0.29, 0.717) is 4.90 Å². The van der Waals surface area contributed by atoms with Crippen LogP contribution in [0.15, 0.2) is 0 Å². The lowest BCUT2D eigenvalue weighted by molar-refractivity contribution is -0.166. The van der Waals surface area contributed by atoms with Gasteiger partial charge in [-0.2, -0.15) is 12.6 Å². The highest BCUT2D eigenvalue weighted by Gasteiger charge is 2.44. The van der Waals surface area contributed by atoms with Gasteiger partial charge in [0.2, 0.25) is 11.8 Å². The Bertz CT molecular complexity index is 438. The second-order valence-electron chi connectivity index (χ2n) is 4.85. The highest BCUT2D eigenvalue weighted by molar-refractivity contribution is 7.80. The van der Waals surface area contributed by atoms with Crippen molar-refractivity contribution in [3.05, 3.63) is 0 Å². The van der Waals surface area contributed by atoms with Crippen LogP contribution in [0.3, 0.4) is 0 Å². The largest absolute Gasteiger partial charge is 0.481 e. The summed E-state index contributed by atoms with van der Waals surface area (Å²) >= 11 is 3.92. The Kier molecular flexibility index (Phi) is 5.55. The molecule has 1 rings (SSSR count). The van der Waals surface area contributed by atoms with Crippen LogP contribution in [0.25, 0.3) is 0 Å². The zero-order chi connectivity index (χ0) is 15.4. The molecule has 2 N–H and O–H groups in total. The van der Waals surface area contributed by atoms with E-state index in [2.05, 4.69) is 12.6 Å². The number of carboxylic acid groups (broad SMARTS) is 2. The maximum Gasteiger partial charge on any atom is 0.326 e. The van der Waals surface area contributed by atoms with Gasteiger partial charge >= 0.3 is 11.9 Å². The summed E-state index contributed by atoms with van der Waals surface area (Å²) in [7, 11) is 0. The number of amides is 2. The fourth-order valence-corrected chi connectivity index (χ4v) is 2.59. The maximum atomic E-state index is 12.3. The quantitative estimate of drug-likeness (QED) is 0.479. The second-order valence-corrected chi connectivity index (χ2v) is 5.30. The third kappa shape index (κ3) is 3.50. The van der Waals surface area contributed by atoms with E-state index in [0.717, 1.165) is 0 Å². The Labute approximate surface area is 121 Å². The van der Waals surface area contributed by atoms with Gasteiger partial charge in [0.1, 0.15) is 6.04 Å². The molecule has 0 aromatic heterocycles. The Hall–Kier alpha value is -1.57. The molecule has 0 saturated carbocycles. The standard InChI is InChI=1S/C12H17NO6S/c1-6-4-9(14)13(8(2-3-20)12(18)19)11(17)7(6)5-10(15)16/h6-8,20H,2-5H2,1H3,(H,15,16)(H,18,19)/t6?,7?,8-/m0/s1. The molecule has 112 valence electrons. The molecule has 8 heteroatoms. The van der Waals surface area contributed by atoms with E-state index in [9.17, 15) is 19.2 Å². The van der Waals surface area contributed by atoms with Crippen LogP contribution in [0.2, 0.25) is 0 Å². The summed E-state index contributed by atoms with van der Waals surface area (Å²) in [4.78, 5) is 46.9. The normalized spacial score (nSPS) is 24.6. The second kappa shape index (κ2) is 6.74. The van der Waals surface area contributed by atoms with Gasteiger partial charge in [-0.15, -0.1) is 0 Å². The molecule has 1 saturated heterocycles. The lowest BCUT2D eigenvalue weighted by Gasteiger charge is -2.37. The van der Waals surface area contributed by atoms with Crippen molar-refractivity contribution < 1.29 is 29.4 Å². The van der Waals surface area contributed by atoms with Crippen molar-refractivity contribution in [3.8, 4) is 0 Å². The van der Waals surface area contributed by atoms with Gasteiger partial charge in [0.05, 0.1) is 12.3 Å². The zero-order valence-corrected chi connectivity index (χ0v) is 11.9. The molecule has 1 heterocycles. The molecule has 2 amide bonds. The van der Waals surface area contributed by atoms with Gasteiger partial charge in [0.15, 0.2) is 0 Å². The van der Waals surface area contributed by atoms with Gasteiger partial charge in [0.25, 0.3) is 0 Å². The molecule has 2 unspecified atom stereocenters. The number of carbonyl (C=O) groups excluding carboxylic acids is 2. The van der Waals surface area contributed by atoms with E-state index in [1.54, 1.807) is 6.92 Å². The molecule has 20 heavy (non-hydrogen) atoms. The third-order valence-corrected chi connectivity index (χ3v) is 3.66. The number of rotatable bonds is 6. The van der Waals surface area contributed by atoms with Crippen LogP contribution in [-0.2, 0) is 19.2 Å². The monoisotopic (exact) mass is 303 g/mol. The number of imide groups is 1. The highest BCUT2D eigenvalue weighted by Crippen LogP contribution is 2.30. The van der Waals surface area contributed by atoms with Crippen molar-refractivity contribution in [1.82, 2.24) is 4.90 Å². The lowest BCUT2D eigenvalue weighted by Crippen LogP contribution is -2.56. The van der Waals surface area contributed by atoms with Gasteiger partial charge < -0.3 is 10.2 Å². The lowest BCUT2D eigenvalue weighted by atomic mass is 9.82. The van der Waals surface area contributed by atoms with Gasteiger partial charge in [-0.3, -0.25) is 19.3 Å². The van der Waals surface area contributed by atoms with E-state index in [-0.39, 0.29) is 18.6 Å². The molecule has 0 aromatic carbocycles. The van der Waals surface area contributed by atoms with Crippen LogP contribution in [0.5, 0.6) is 0 Å². The molecule has 0 aromatic rings. The minimum atomic E-state index is -1.29. The topological polar surface area (TPSA) is 112 Å². The first kappa shape index (κ1) is 16.5. The molecule has 7 nitrogen and oxygen atoms in total. The first-order valence-electron chi connectivity index (χ1n) is 6.21. The number of carbonyl (C=O) groups is 4. The Balaban J connectivity index is 3.04. The summed E-state index contributed by atoms with van der Waals surface area (Å²) < 4.78 is 0. The number of likely N-dealkylation sites (tertiary alicyclic amines) is 1. The number of aliphatic carboxylic acids is 2. The van der Waals surface area contributed by atoms with Crippen LogP contribution in [0.4, 0.5) is 0 Å². The molecular formula is C12H17NO6S. The van der Waals surface area contributed by atoms with E-state index < -0.39 is 48.1 Å². The van der Waals surface area contributed by atoms with Crippen molar-refractivity contribution in [1.29, 1.82) is 0 Å². The minimum absolute atomic E-state index is 0.0277. The van der Waals surface area contributed by atoms with Gasteiger partial charge in [-0.1, -0.05) is 6.92 Å². The summed E-state index contributed by atoms with van der Waals surface area (Å²) in [5, 5.41) is 18.0. The van der Waals surface area contributed by atoms with Gasteiger partial charge in [-0.25, -0.2) is 4.79 Å². The number of carboxylic acids is 2. The minimum Gasteiger partial charge on any atom is -0.481 e. The molecule has 0 bridgehead atoms. The molecule has 0 aliphatic carbocycles. The van der Waals surface area contributed by atoms with E-state index >= 15 is 0 Å². The molecule has 1 aliphatic rings. The van der Waals surface area contributed by atoms with Crippen LogP contribution in [-0.4, -0.2) is 50.7 Å². The van der Waals surface area contributed by atoms with Crippen LogP contribution >= 0.6 is 12.6 Å². The summed E-state index contributed by atoms with van der Waals surface area (Å²) in [6.07, 6.45) is -0.402. The Morgan fingerprint density at radius 2 is 2.00 bits per heavy atom. The van der Waals surface area contributed by atoms with Crippen LogP contribution in [0, 0.1) is 11.8 Å².